The number of aromatic nitrogens is 2. The molecule has 0 radical (unpaired) electrons. The Morgan fingerprint density at radius 1 is 1.16 bits per heavy atom. The van der Waals surface area contributed by atoms with Crippen LogP contribution in [0.1, 0.15) is 25.2 Å². The predicted molar refractivity (Wildman–Crippen MR) is 140 cm³/mol. The lowest BCUT2D eigenvalue weighted by Crippen LogP contribution is -2.52. The number of aryl methyl sites for hydroxylation is 1. The van der Waals surface area contributed by atoms with Crippen molar-refractivity contribution in [2.75, 3.05) is 63.2 Å². The number of hydrogen-bond acceptors (Lipinski definition) is 7. The van der Waals surface area contributed by atoms with Crippen molar-refractivity contribution in [3.63, 3.8) is 0 Å². The Morgan fingerprint density at radius 2 is 1.90 bits per heavy atom. The van der Waals surface area contributed by atoms with Crippen molar-refractivity contribution in [3.8, 4) is 0 Å². The third-order valence-electron chi connectivity index (χ3n) is 4.96. The van der Waals surface area contributed by atoms with Crippen molar-refractivity contribution < 1.29 is 4.74 Å². The average Bonchev–Trinajstić information content (AvgIpc) is 3.27. The molecule has 10 heteroatoms. The maximum Gasteiger partial charge on any atom is 0.205 e. The largest absolute Gasteiger partial charge is 0.383 e. The first-order chi connectivity index (χ1) is 14.7. The molecule has 172 valence electrons. The van der Waals surface area contributed by atoms with Crippen LogP contribution in [-0.2, 0) is 17.7 Å². The standard InChI is InChI=1S/C21H33N7OS.HI/c1-4-19-25-21(30-26-19)28-13-11-27(12-14-28)20(22-5-2)24-16-17-6-8-18(9-7-17)23-10-15-29-3;/h6-9,23H,4-5,10-16H2,1-3H3,(H,22,24);1H. The number of hydrogen-bond donors (Lipinski definition) is 2. The molecule has 1 fully saturated rings. The number of rotatable bonds is 9. The molecule has 0 aliphatic carbocycles. The molecule has 0 spiro atoms. The summed E-state index contributed by atoms with van der Waals surface area (Å²) in [5.41, 5.74) is 2.30. The number of methoxy groups -OCH3 is 1. The molecule has 2 aromatic rings. The molecule has 0 unspecified atom stereocenters. The van der Waals surface area contributed by atoms with E-state index in [1.165, 1.54) is 17.1 Å². The van der Waals surface area contributed by atoms with Crippen LogP contribution in [-0.4, -0.2) is 73.2 Å². The van der Waals surface area contributed by atoms with Crippen molar-refractivity contribution in [1.82, 2.24) is 19.6 Å². The number of aliphatic imine (C=N–C) groups is 1. The summed E-state index contributed by atoms with van der Waals surface area (Å²) in [6, 6.07) is 8.44. The lowest BCUT2D eigenvalue weighted by molar-refractivity contribution is 0.211. The summed E-state index contributed by atoms with van der Waals surface area (Å²) in [4.78, 5) is 14.2. The molecule has 31 heavy (non-hydrogen) atoms. The van der Waals surface area contributed by atoms with Crippen LogP contribution in [0.5, 0.6) is 0 Å². The molecule has 1 aliphatic heterocycles. The zero-order chi connectivity index (χ0) is 21.2. The summed E-state index contributed by atoms with van der Waals surface area (Å²) < 4.78 is 9.48. The van der Waals surface area contributed by atoms with E-state index in [9.17, 15) is 0 Å². The lowest BCUT2D eigenvalue weighted by atomic mass is 10.2. The molecule has 1 aliphatic rings. The van der Waals surface area contributed by atoms with Crippen LogP contribution in [0.15, 0.2) is 29.3 Å². The summed E-state index contributed by atoms with van der Waals surface area (Å²) in [6.45, 7) is 11.0. The smallest absolute Gasteiger partial charge is 0.205 e. The molecule has 3 rings (SSSR count). The highest BCUT2D eigenvalue weighted by atomic mass is 127. The SMILES string of the molecule is CCNC(=NCc1ccc(NCCOC)cc1)N1CCN(c2nc(CC)ns2)CC1.I. The van der Waals surface area contributed by atoms with E-state index in [1.807, 2.05) is 0 Å². The number of benzene rings is 1. The Hall–Kier alpha value is -1.66. The highest BCUT2D eigenvalue weighted by Crippen LogP contribution is 2.19. The van der Waals surface area contributed by atoms with Crippen molar-refractivity contribution in [2.24, 2.45) is 4.99 Å². The molecule has 2 N–H and O–H groups in total. The Labute approximate surface area is 206 Å². The number of piperazine rings is 1. The Balaban J connectivity index is 0.00000341. The van der Waals surface area contributed by atoms with Gasteiger partial charge in [-0.15, -0.1) is 24.0 Å². The van der Waals surface area contributed by atoms with Gasteiger partial charge in [-0.3, -0.25) is 0 Å². The van der Waals surface area contributed by atoms with E-state index in [-0.39, 0.29) is 24.0 Å². The highest BCUT2D eigenvalue weighted by Gasteiger charge is 2.22. The molecule has 1 saturated heterocycles. The van der Waals surface area contributed by atoms with E-state index in [1.54, 1.807) is 7.11 Å². The first kappa shape index (κ1) is 25.6. The first-order valence-corrected chi connectivity index (χ1v) is 11.4. The molecule has 0 atom stereocenters. The van der Waals surface area contributed by atoms with Crippen LogP contribution >= 0.6 is 35.5 Å². The van der Waals surface area contributed by atoms with E-state index in [0.29, 0.717) is 13.2 Å². The zero-order valence-corrected chi connectivity index (χ0v) is 21.8. The number of anilines is 2. The molecule has 0 saturated carbocycles. The third-order valence-corrected chi connectivity index (χ3v) is 5.77. The summed E-state index contributed by atoms with van der Waals surface area (Å²) in [5.74, 6) is 1.92. The number of nitrogens with zero attached hydrogens (tertiary/aromatic N) is 5. The molecule has 1 aromatic heterocycles. The third kappa shape index (κ3) is 7.76. The normalized spacial score (nSPS) is 14.4. The van der Waals surface area contributed by atoms with Gasteiger partial charge in [-0.1, -0.05) is 19.1 Å². The molecular formula is C21H34IN7OS. The van der Waals surface area contributed by atoms with Gasteiger partial charge in [0.05, 0.1) is 13.2 Å². The van der Waals surface area contributed by atoms with Gasteiger partial charge in [0.25, 0.3) is 0 Å². The maximum absolute atomic E-state index is 5.07. The van der Waals surface area contributed by atoms with Gasteiger partial charge in [-0.05, 0) is 24.6 Å². The lowest BCUT2D eigenvalue weighted by Gasteiger charge is -2.36. The number of guanidine groups is 1. The monoisotopic (exact) mass is 559 g/mol. The summed E-state index contributed by atoms with van der Waals surface area (Å²) in [6.07, 6.45) is 0.887. The second kappa shape index (κ2) is 13.7. The summed E-state index contributed by atoms with van der Waals surface area (Å²) in [5, 5.41) is 7.81. The van der Waals surface area contributed by atoms with Crippen molar-refractivity contribution in [1.29, 1.82) is 0 Å². The quantitative estimate of drug-likeness (QED) is 0.212. The zero-order valence-electron chi connectivity index (χ0n) is 18.6. The van der Waals surface area contributed by atoms with Crippen LogP contribution in [0.2, 0.25) is 0 Å². The highest BCUT2D eigenvalue weighted by molar-refractivity contribution is 14.0. The van der Waals surface area contributed by atoms with Crippen LogP contribution in [0, 0.1) is 0 Å². The van der Waals surface area contributed by atoms with E-state index < -0.39 is 0 Å². The van der Waals surface area contributed by atoms with Crippen LogP contribution < -0.4 is 15.5 Å². The minimum Gasteiger partial charge on any atom is -0.383 e. The molecule has 1 aromatic carbocycles. The van der Waals surface area contributed by atoms with Gasteiger partial charge in [-0.2, -0.15) is 4.37 Å². The van der Waals surface area contributed by atoms with Gasteiger partial charge in [-0.25, -0.2) is 9.98 Å². The van der Waals surface area contributed by atoms with Gasteiger partial charge < -0.3 is 25.2 Å². The van der Waals surface area contributed by atoms with Gasteiger partial charge in [0.2, 0.25) is 5.13 Å². The Bertz CT molecular complexity index is 791. The second-order valence-corrected chi connectivity index (χ2v) is 7.84. The van der Waals surface area contributed by atoms with Gasteiger partial charge in [0.1, 0.15) is 5.82 Å². The number of ether oxygens (including phenoxy) is 1. The average molecular weight is 560 g/mol. The van der Waals surface area contributed by atoms with Crippen LogP contribution in [0.25, 0.3) is 0 Å². The van der Waals surface area contributed by atoms with E-state index in [4.69, 9.17) is 9.73 Å². The van der Waals surface area contributed by atoms with Crippen LogP contribution in [0.4, 0.5) is 10.8 Å². The summed E-state index contributed by atoms with van der Waals surface area (Å²) >= 11 is 1.50. The van der Waals surface area contributed by atoms with E-state index in [0.717, 1.165) is 68.3 Å². The van der Waals surface area contributed by atoms with Gasteiger partial charge >= 0.3 is 0 Å². The van der Waals surface area contributed by atoms with Gasteiger partial charge in [0.15, 0.2) is 5.96 Å². The molecule has 0 bridgehead atoms. The number of halogens is 1. The minimum absolute atomic E-state index is 0. The van der Waals surface area contributed by atoms with Crippen LogP contribution in [0.3, 0.4) is 0 Å². The van der Waals surface area contributed by atoms with Gasteiger partial charge in [0, 0.05) is 70.0 Å². The second-order valence-electron chi connectivity index (χ2n) is 7.11. The first-order valence-electron chi connectivity index (χ1n) is 10.7. The van der Waals surface area contributed by atoms with Crippen molar-refractivity contribution in [2.45, 2.75) is 26.8 Å². The van der Waals surface area contributed by atoms with E-state index in [2.05, 4.69) is 67.9 Å². The van der Waals surface area contributed by atoms with Crippen molar-refractivity contribution in [3.05, 3.63) is 35.7 Å². The molecule has 8 nitrogen and oxygen atoms in total. The fraction of sp³-hybridized carbons (Fsp3) is 0.571. The Morgan fingerprint density at radius 3 is 2.52 bits per heavy atom. The Kier molecular flexibility index (Phi) is 11.3. The molecular weight excluding hydrogens is 525 g/mol. The fourth-order valence-electron chi connectivity index (χ4n) is 3.24. The molecule has 0 amide bonds. The maximum atomic E-state index is 5.07. The fourth-order valence-corrected chi connectivity index (χ4v) is 4.04. The number of nitrogens with one attached hydrogen (secondary N) is 2. The summed E-state index contributed by atoms with van der Waals surface area (Å²) in [7, 11) is 1.71. The van der Waals surface area contributed by atoms with Crippen molar-refractivity contribution >= 4 is 52.3 Å². The molecule has 2 heterocycles. The minimum atomic E-state index is 0. The van der Waals surface area contributed by atoms with E-state index >= 15 is 0 Å². The topological polar surface area (TPSA) is 77.9 Å². The predicted octanol–water partition coefficient (Wildman–Crippen LogP) is 3.06.